The quantitative estimate of drug-likeness (QED) is 0.528. The Labute approximate surface area is 176 Å². The van der Waals surface area contributed by atoms with Crippen molar-refractivity contribution in [3.8, 4) is 28.1 Å². The second-order valence-corrected chi connectivity index (χ2v) is 7.96. The summed E-state index contributed by atoms with van der Waals surface area (Å²) in [6.07, 6.45) is 1.82. The standard InChI is InChI=1S/C22H17FN4O2S/c1-13-21(15-4-7-19-18(8-15)25-20(28)11-29-19)22(14-2-5-16(23)6-3-14)27(26-13)10-17-9-24-12-30-17/h2-9,12H,10-11H2,1H3,(H,25,28). The van der Waals surface area contributed by atoms with E-state index < -0.39 is 0 Å². The molecule has 0 unspecified atom stereocenters. The van der Waals surface area contributed by atoms with E-state index in [1.54, 1.807) is 29.0 Å². The molecule has 0 bridgehead atoms. The number of anilines is 1. The highest BCUT2D eigenvalue weighted by Gasteiger charge is 2.22. The van der Waals surface area contributed by atoms with Crippen LogP contribution in [-0.2, 0) is 11.3 Å². The molecule has 1 aliphatic rings. The molecular formula is C22H17FN4O2S. The second-order valence-electron chi connectivity index (χ2n) is 6.99. The summed E-state index contributed by atoms with van der Waals surface area (Å²) in [5, 5.41) is 7.62. The van der Waals surface area contributed by atoms with Crippen LogP contribution in [0.1, 0.15) is 10.6 Å². The van der Waals surface area contributed by atoms with Crippen LogP contribution in [0.15, 0.2) is 54.2 Å². The predicted octanol–water partition coefficient (Wildman–Crippen LogP) is 4.50. The highest BCUT2D eigenvalue weighted by Crippen LogP contribution is 2.39. The van der Waals surface area contributed by atoms with Crippen molar-refractivity contribution in [3.05, 3.63) is 70.6 Å². The molecule has 2 aromatic heterocycles. The molecule has 6 nitrogen and oxygen atoms in total. The van der Waals surface area contributed by atoms with E-state index in [4.69, 9.17) is 9.84 Å². The van der Waals surface area contributed by atoms with Gasteiger partial charge in [-0.25, -0.2) is 4.39 Å². The van der Waals surface area contributed by atoms with Crippen molar-refractivity contribution in [1.82, 2.24) is 14.8 Å². The minimum Gasteiger partial charge on any atom is -0.482 e. The molecule has 1 N–H and O–H groups in total. The normalized spacial score (nSPS) is 12.9. The fourth-order valence-corrected chi connectivity index (χ4v) is 4.22. The summed E-state index contributed by atoms with van der Waals surface area (Å²) >= 11 is 1.56. The Hall–Kier alpha value is -3.52. The van der Waals surface area contributed by atoms with E-state index in [0.29, 0.717) is 18.0 Å². The van der Waals surface area contributed by atoms with Crippen LogP contribution in [0, 0.1) is 12.7 Å². The molecular weight excluding hydrogens is 403 g/mol. The molecule has 8 heteroatoms. The molecule has 0 atom stereocenters. The molecule has 4 aromatic rings. The van der Waals surface area contributed by atoms with Crippen molar-refractivity contribution in [2.75, 3.05) is 11.9 Å². The first-order chi connectivity index (χ1) is 14.6. The maximum absolute atomic E-state index is 13.6. The summed E-state index contributed by atoms with van der Waals surface area (Å²) < 4.78 is 21.0. The molecule has 30 heavy (non-hydrogen) atoms. The van der Waals surface area contributed by atoms with Crippen LogP contribution in [0.4, 0.5) is 10.1 Å². The van der Waals surface area contributed by atoms with Crippen LogP contribution in [0.3, 0.4) is 0 Å². The van der Waals surface area contributed by atoms with Crippen molar-refractivity contribution in [1.29, 1.82) is 0 Å². The van der Waals surface area contributed by atoms with E-state index in [1.165, 1.54) is 12.1 Å². The molecule has 0 radical (unpaired) electrons. The monoisotopic (exact) mass is 420 g/mol. The third-order valence-electron chi connectivity index (χ3n) is 4.94. The van der Waals surface area contributed by atoms with Gasteiger partial charge in [0.25, 0.3) is 5.91 Å². The second kappa shape index (κ2) is 7.38. The number of fused-ring (bicyclic) bond motifs is 1. The molecule has 5 rings (SSSR count). The summed E-state index contributed by atoms with van der Waals surface area (Å²) in [5.74, 6) is 0.159. The summed E-state index contributed by atoms with van der Waals surface area (Å²) in [4.78, 5) is 17.0. The average molecular weight is 420 g/mol. The average Bonchev–Trinajstić information content (AvgIpc) is 3.36. The fourth-order valence-electron chi connectivity index (χ4n) is 3.65. The maximum Gasteiger partial charge on any atom is 0.262 e. The molecule has 1 amide bonds. The fraction of sp³-hybridized carbons (Fsp3) is 0.136. The number of carbonyl (C=O) groups is 1. The maximum atomic E-state index is 13.6. The highest BCUT2D eigenvalue weighted by molar-refractivity contribution is 7.09. The van der Waals surface area contributed by atoms with Crippen molar-refractivity contribution in [2.24, 2.45) is 0 Å². The lowest BCUT2D eigenvalue weighted by Gasteiger charge is -2.19. The minimum absolute atomic E-state index is 0.0129. The summed E-state index contributed by atoms with van der Waals surface area (Å²) in [6, 6.07) is 12.1. The molecule has 0 aliphatic carbocycles. The van der Waals surface area contributed by atoms with Crippen LogP contribution in [0.2, 0.25) is 0 Å². The van der Waals surface area contributed by atoms with Crippen LogP contribution in [0.5, 0.6) is 5.75 Å². The Kier molecular flexibility index (Phi) is 4.55. The lowest BCUT2D eigenvalue weighted by Crippen LogP contribution is -2.25. The number of hydrogen-bond donors (Lipinski definition) is 1. The Morgan fingerprint density at radius 1 is 1.20 bits per heavy atom. The van der Waals surface area contributed by atoms with Gasteiger partial charge in [0.15, 0.2) is 6.61 Å². The van der Waals surface area contributed by atoms with E-state index in [1.807, 2.05) is 36.0 Å². The number of amides is 1. The molecule has 0 fully saturated rings. The number of thiazole rings is 1. The van der Waals surface area contributed by atoms with Gasteiger partial charge < -0.3 is 10.1 Å². The summed E-state index contributed by atoms with van der Waals surface area (Å²) in [6.45, 7) is 2.52. The van der Waals surface area contributed by atoms with Crippen LogP contribution >= 0.6 is 11.3 Å². The SMILES string of the molecule is Cc1nn(Cc2cncs2)c(-c2ccc(F)cc2)c1-c1ccc2c(c1)NC(=O)CO2. The van der Waals surface area contributed by atoms with Gasteiger partial charge in [-0.15, -0.1) is 11.3 Å². The summed E-state index contributed by atoms with van der Waals surface area (Å²) in [5.41, 5.74) is 6.81. The topological polar surface area (TPSA) is 69.0 Å². The van der Waals surface area contributed by atoms with Gasteiger partial charge in [0.05, 0.1) is 29.1 Å². The largest absolute Gasteiger partial charge is 0.482 e. The molecule has 2 aromatic carbocycles. The van der Waals surface area contributed by atoms with Crippen molar-refractivity contribution < 1.29 is 13.9 Å². The minimum atomic E-state index is -0.292. The first-order valence-corrected chi connectivity index (χ1v) is 10.2. The Bertz CT molecular complexity index is 1230. The zero-order valence-corrected chi connectivity index (χ0v) is 16.9. The lowest BCUT2D eigenvalue weighted by atomic mass is 9.98. The van der Waals surface area contributed by atoms with Gasteiger partial charge in [0.1, 0.15) is 11.6 Å². The van der Waals surface area contributed by atoms with E-state index in [-0.39, 0.29) is 18.3 Å². The van der Waals surface area contributed by atoms with Gasteiger partial charge in [-0.2, -0.15) is 5.10 Å². The molecule has 150 valence electrons. The van der Waals surface area contributed by atoms with E-state index >= 15 is 0 Å². The van der Waals surface area contributed by atoms with Gasteiger partial charge in [0.2, 0.25) is 0 Å². The number of rotatable bonds is 4. The number of halogens is 1. The van der Waals surface area contributed by atoms with E-state index in [0.717, 1.165) is 33.0 Å². The third-order valence-corrected chi connectivity index (χ3v) is 5.70. The number of nitrogens with one attached hydrogen (secondary N) is 1. The van der Waals surface area contributed by atoms with Crippen LogP contribution in [0.25, 0.3) is 22.4 Å². The van der Waals surface area contributed by atoms with Gasteiger partial charge in [0, 0.05) is 22.2 Å². The molecule has 0 saturated heterocycles. The molecule has 1 aliphatic heterocycles. The Morgan fingerprint density at radius 3 is 2.77 bits per heavy atom. The number of ether oxygens (including phenoxy) is 1. The summed E-state index contributed by atoms with van der Waals surface area (Å²) in [7, 11) is 0. The number of carbonyl (C=O) groups excluding carboxylic acids is 1. The van der Waals surface area contributed by atoms with Crippen LogP contribution < -0.4 is 10.1 Å². The number of aryl methyl sites for hydroxylation is 1. The molecule has 0 spiro atoms. The van der Waals surface area contributed by atoms with Gasteiger partial charge in [-0.05, 0) is 48.9 Å². The first kappa shape index (κ1) is 18.5. The van der Waals surface area contributed by atoms with Crippen molar-refractivity contribution >= 4 is 22.9 Å². The predicted molar refractivity (Wildman–Crippen MR) is 113 cm³/mol. The molecule has 3 heterocycles. The third kappa shape index (κ3) is 3.35. The molecule has 0 saturated carbocycles. The first-order valence-electron chi connectivity index (χ1n) is 9.36. The zero-order chi connectivity index (χ0) is 20.7. The number of hydrogen-bond acceptors (Lipinski definition) is 5. The lowest BCUT2D eigenvalue weighted by molar-refractivity contribution is -0.118. The Balaban J connectivity index is 1.68. The van der Waals surface area contributed by atoms with E-state index in [2.05, 4.69) is 10.3 Å². The van der Waals surface area contributed by atoms with Gasteiger partial charge >= 0.3 is 0 Å². The van der Waals surface area contributed by atoms with Crippen molar-refractivity contribution in [2.45, 2.75) is 13.5 Å². The van der Waals surface area contributed by atoms with Crippen LogP contribution in [-0.4, -0.2) is 27.3 Å². The zero-order valence-electron chi connectivity index (χ0n) is 16.1. The van der Waals surface area contributed by atoms with Crippen molar-refractivity contribution in [3.63, 3.8) is 0 Å². The highest BCUT2D eigenvalue weighted by atomic mass is 32.1. The van der Waals surface area contributed by atoms with Gasteiger partial charge in [-0.3, -0.25) is 14.5 Å². The number of nitrogens with zero attached hydrogens (tertiary/aromatic N) is 3. The van der Waals surface area contributed by atoms with E-state index in [9.17, 15) is 9.18 Å². The number of aromatic nitrogens is 3. The number of benzene rings is 2. The van der Waals surface area contributed by atoms with Gasteiger partial charge in [-0.1, -0.05) is 6.07 Å². The Morgan fingerprint density at radius 2 is 2.00 bits per heavy atom. The smallest absolute Gasteiger partial charge is 0.262 e.